The minimum absolute atomic E-state index is 0.499. The van der Waals surface area contributed by atoms with Crippen LogP contribution in [0.1, 0.15) is 50.3 Å². The Labute approximate surface area is 197 Å². The summed E-state index contributed by atoms with van der Waals surface area (Å²) < 4.78 is 17.1. The number of ether oxygens (including phenoxy) is 2. The van der Waals surface area contributed by atoms with Crippen molar-refractivity contribution in [3.05, 3.63) is 29.3 Å². The number of hydrazone groups is 1. The molecule has 0 bridgehead atoms. The second-order valence-corrected chi connectivity index (χ2v) is 8.29. The van der Waals surface area contributed by atoms with E-state index in [9.17, 15) is 0 Å². The van der Waals surface area contributed by atoms with Gasteiger partial charge in [-0.2, -0.15) is 10.1 Å². The number of nitrogens with one attached hydrogen (secondary N) is 1. The lowest BCUT2D eigenvalue weighted by Gasteiger charge is -2.26. The molecule has 3 rings (SSSR count). The van der Waals surface area contributed by atoms with E-state index in [2.05, 4.69) is 39.2 Å². The van der Waals surface area contributed by atoms with Gasteiger partial charge in [0, 0.05) is 44.9 Å². The number of anilines is 2. The van der Waals surface area contributed by atoms with Gasteiger partial charge in [-0.1, -0.05) is 20.3 Å². The summed E-state index contributed by atoms with van der Waals surface area (Å²) in [5.41, 5.74) is 4.00. The maximum atomic E-state index is 6.05. The quantitative estimate of drug-likeness (QED) is 0.358. The van der Waals surface area contributed by atoms with Gasteiger partial charge in [-0.15, -0.1) is 0 Å². The van der Waals surface area contributed by atoms with Crippen LogP contribution in [-0.4, -0.2) is 73.6 Å². The fraction of sp³-hybridized carbons (Fsp3) is 0.625. The highest BCUT2D eigenvalue weighted by atomic mass is 16.5. The molecule has 1 aliphatic heterocycles. The first-order valence-corrected chi connectivity index (χ1v) is 12.0. The Hall–Kier alpha value is -2.65. The molecule has 0 amide bonds. The van der Waals surface area contributed by atoms with Gasteiger partial charge in [0.25, 0.3) is 0 Å². The highest BCUT2D eigenvalue weighted by Crippen LogP contribution is 2.20. The van der Waals surface area contributed by atoms with Crippen LogP contribution < -0.4 is 15.1 Å². The fourth-order valence-corrected chi connectivity index (χ4v) is 3.57. The molecule has 1 fully saturated rings. The average molecular weight is 459 g/mol. The largest absolute Gasteiger partial charge is 0.476 e. The highest BCUT2D eigenvalue weighted by molar-refractivity contribution is 5.76. The van der Waals surface area contributed by atoms with E-state index in [1.54, 1.807) is 6.21 Å². The van der Waals surface area contributed by atoms with Crippen molar-refractivity contribution in [3.63, 3.8) is 0 Å². The molecule has 2 aromatic rings. The standard InChI is InChI=1S/C24H38N6O3/c1-5-7-9-30(8-6-2)22-17-23(32-15-12-29-10-13-31-14-11-29)27-21(26-22)18-25-28-24-16-19(3)20(4)33-24/h16-18,28H,5-15H2,1-4H3/b25-18+. The third-order valence-corrected chi connectivity index (χ3v) is 5.59. The Morgan fingerprint density at radius 3 is 2.67 bits per heavy atom. The predicted molar refractivity (Wildman–Crippen MR) is 132 cm³/mol. The van der Waals surface area contributed by atoms with Crippen LogP contribution in [0.3, 0.4) is 0 Å². The molecule has 9 nitrogen and oxygen atoms in total. The highest BCUT2D eigenvalue weighted by Gasteiger charge is 2.13. The van der Waals surface area contributed by atoms with Crippen molar-refractivity contribution >= 4 is 17.9 Å². The van der Waals surface area contributed by atoms with Gasteiger partial charge in [-0.25, -0.2) is 10.4 Å². The van der Waals surface area contributed by atoms with Gasteiger partial charge in [-0.05, 0) is 32.3 Å². The molecule has 33 heavy (non-hydrogen) atoms. The van der Waals surface area contributed by atoms with Gasteiger partial charge in [0.05, 0.1) is 19.4 Å². The molecule has 0 unspecified atom stereocenters. The van der Waals surface area contributed by atoms with Crippen LogP contribution in [-0.2, 0) is 4.74 Å². The SMILES string of the molecule is CCCCN(CCC)c1cc(OCCN2CCOCC2)nc(/C=N/Nc2cc(C)c(C)o2)n1. The van der Waals surface area contributed by atoms with Gasteiger partial charge in [0.2, 0.25) is 11.8 Å². The molecule has 1 N–H and O–H groups in total. The monoisotopic (exact) mass is 458 g/mol. The first kappa shape index (κ1) is 25.0. The number of rotatable bonds is 13. The average Bonchev–Trinajstić information content (AvgIpc) is 3.14. The third kappa shape index (κ3) is 8.01. The molecule has 3 heterocycles. The Morgan fingerprint density at radius 2 is 1.97 bits per heavy atom. The molecular formula is C24H38N6O3. The number of morpholine rings is 1. The summed E-state index contributed by atoms with van der Waals surface area (Å²) in [5.74, 6) is 3.40. The molecule has 0 atom stereocenters. The number of unbranched alkanes of at least 4 members (excludes halogenated alkanes) is 1. The molecule has 9 heteroatoms. The van der Waals surface area contributed by atoms with Crippen molar-refractivity contribution in [2.24, 2.45) is 5.10 Å². The van der Waals surface area contributed by atoms with Crippen molar-refractivity contribution in [2.75, 3.05) is 62.9 Å². The molecule has 182 valence electrons. The van der Waals surface area contributed by atoms with Crippen molar-refractivity contribution in [1.29, 1.82) is 0 Å². The molecule has 0 radical (unpaired) electrons. The summed E-state index contributed by atoms with van der Waals surface area (Å²) in [6.45, 7) is 15.1. The van der Waals surface area contributed by atoms with E-state index in [-0.39, 0.29) is 0 Å². The Bertz CT molecular complexity index is 860. The van der Waals surface area contributed by atoms with Gasteiger partial charge in [-0.3, -0.25) is 4.90 Å². The lowest BCUT2D eigenvalue weighted by atomic mass is 10.3. The van der Waals surface area contributed by atoms with E-state index in [1.807, 2.05) is 26.0 Å². The fourth-order valence-electron chi connectivity index (χ4n) is 3.57. The van der Waals surface area contributed by atoms with E-state index >= 15 is 0 Å². The summed E-state index contributed by atoms with van der Waals surface area (Å²) in [5, 5.41) is 4.28. The number of aryl methyl sites for hydroxylation is 2. The van der Waals surface area contributed by atoms with E-state index < -0.39 is 0 Å². The van der Waals surface area contributed by atoms with Crippen LogP contribution in [0.15, 0.2) is 21.7 Å². The number of furan rings is 1. The van der Waals surface area contributed by atoms with Crippen LogP contribution in [0.25, 0.3) is 0 Å². The lowest BCUT2D eigenvalue weighted by molar-refractivity contribution is 0.0320. The zero-order chi connectivity index (χ0) is 23.5. The lowest BCUT2D eigenvalue weighted by Crippen LogP contribution is -2.38. The summed E-state index contributed by atoms with van der Waals surface area (Å²) in [4.78, 5) is 14.0. The van der Waals surface area contributed by atoms with Crippen molar-refractivity contribution in [1.82, 2.24) is 14.9 Å². The molecular weight excluding hydrogens is 420 g/mol. The van der Waals surface area contributed by atoms with E-state index in [0.717, 1.165) is 82.3 Å². The van der Waals surface area contributed by atoms with Gasteiger partial charge in [0.15, 0.2) is 5.82 Å². The minimum Gasteiger partial charge on any atom is -0.476 e. The van der Waals surface area contributed by atoms with Crippen molar-refractivity contribution in [3.8, 4) is 5.88 Å². The Kier molecular flexibility index (Phi) is 9.96. The van der Waals surface area contributed by atoms with Gasteiger partial charge in [0.1, 0.15) is 18.2 Å². The molecule has 0 aliphatic carbocycles. The molecule has 0 aromatic carbocycles. The molecule has 0 spiro atoms. The number of hydrogen-bond donors (Lipinski definition) is 1. The van der Waals surface area contributed by atoms with Crippen LogP contribution in [0.2, 0.25) is 0 Å². The molecule has 1 aliphatic rings. The zero-order valence-corrected chi connectivity index (χ0v) is 20.5. The van der Waals surface area contributed by atoms with Crippen LogP contribution in [0.5, 0.6) is 5.88 Å². The van der Waals surface area contributed by atoms with E-state index in [4.69, 9.17) is 18.9 Å². The first-order chi connectivity index (χ1) is 16.1. The van der Waals surface area contributed by atoms with Gasteiger partial charge >= 0.3 is 0 Å². The topological polar surface area (TPSA) is 88.2 Å². The summed E-state index contributed by atoms with van der Waals surface area (Å²) >= 11 is 0. The Balaban J connectivity index is 1.72. The number of aromatic nitrogens is 2. The number of nitrogens with zero attached hydrogens (tertiary/aromatic N) is 5. The molecule has 2 aromatic heterocycles. The van der Waals surface area contributed by atoms with E-state index in [1.165, 1.54) is 0 Å². The normalized spacial score (nSPS) is 14.7. The summed E-state index contributed by atoms with van der Waals surface area (Å²) in [6.07, 6.45) is 4.90. The smallest absolute Gasteiger partial charge is 0.219 e. The molecule has 1 saturated heterocycles. The van der Waals surface area contributed by atoms with Crippen molar-refractivity contribution < 1.29 is 13.9 Å². The molecule has 0 saturated carbocycles. The van der Waals surface area contributed by atoms with Crippen LogP contribution in [0, 0.1) is 13.8 Å². The van der Waals surface area contributed by atoms with E-state index in [0.29, 0.717) is 24.2 Å². The predicted octanol–water partition coefficient (Wildman–Crippen LogP) is 3.86. The summed E-state index contributed by atoms with van der Waals surface area (Å²) in [6, 6.07) is 3.85. The van der Waals surface area contributed by atoms with Crippen LogP contribution >= 0.6 is 0 Å². The van der Waals surface area contributed by atoms with Crippen LogP contribution in [0.4, 0.5) is 11.7 Å². The second-order valence-electron chi connectivity index (χ2n) is 8.29. The third-order valence-electron chi connectivity index (χ3n) is 5.59. The van der Waals surface area contributed by atoms with Gasteiger partial charge < -0.3 is 18.8 Å². The Morgan fingerprint density at radius 1 is 1.15 bits per heavy atom. The van der Waals surface area contributed by atoms with Crippen molar-refractivity contribution in [2.45, 2.75) is 47.0 Å². The second kappa shape index (κ2) is 13.2. The zero-order valence-electron chi connectivity index (χ0n) is 20.5. The first-order valence-electron chi connectivity index (χ1n) is 12.0. The summed E-state index contributed by atoms with van der Waals surface area (Å²) in [7, 11) is 0. The maximum absolute atomic E-state index is 6.05. The number of hydrogen-bond acceptors (Lipinski definition) is 9. The maximum Gasteiger partial charge on any atom is 0.219 e. The minimum atomic E-state index is 0.499.